The molecule has 1 heterocycles. The maximum absolute atomic E-state index is 5.79. The Bertz CT molecular complexity index is 537. The molecule has 0 unspecified atom stereocenters. The molecule has 0 atom stereocenters. The van der Waals surface area contributed by atoms with Crippen LogP contribution in [-0.2, 0) is 6.42 Å². The van der Waals surface area contributed by atoms with Crippen LogP contribution in [0, 0.1) is 0 Å². The first kappa shape index (κ1) is 20.4. The minimum absolute atomic E-state index is 0.786. The molecule has 0 fully saturated rings. The largest absolute Gasteiger partial charge is 0.494 e. The van der Waals surface area contributed by atoms with E-state index in [1.54, 1.807) is 0 Å². The van der Waals surface area contributed by atoms with Gasteiger partial charge in [-0.2, -0.15) is 0 Å². The van der Waals surface area contributed by atoms with E-state index in [9.17, 15) is 0 Å². The number of benzene rings is 1. The zero-order chi connectivity index (χ0) is 18.5. The van der Waals surface area contributed by atoms with Gasteiger partial charge in [0.25, 0.3) is 0 Å². The van der Waals surface area contributed by atoms with Crippen LogP contribution in [0.15, 0.2) is 36.7 Å². The van der Waals surface area contributed by atoms with Gasteiger partial charge in [0.15, 0.2) is 5.82 Å². The van der Waals surface area contributed by atoms with E-state index in [-0.39, 0.29) is 0 Å². The van der Waals surface area contributed by atoms with Crippen LogP contribution in [0.25, 0.3) is 11.4 Å². The SMILES string of the molecule is CCCCCCCc1cnc(-c2ccc(OCCCCCC)cc2)nc1. The molecule has 142 valence electrons. The zero-order valence-electron chi connectivity index (χ0n) is 16.5. The van der Waals surface area contributed by atoms with Gasteiger partial charge < -0.3 is 4.74 Å². The molecule has 0 saturated heterocycles. The molecule has 1 aromatic heterocycles. The van der Waals surface area contributed by atoms with Gasteiger partial charge in [-0.1, -0.05) is 58.8 Å². The Balaban J connectivity index is 1.77. The molecule has 2 rings (SSSR count). The predicted molar refractivity (Wildman–Crippen MR) is 110 cm³/mol. The van der Waals surface area contributed by atoms with Crippen LogP contribution < -0.4 is 4.74 Å². The van der Waals surface area contributed by atoms with Crippen LogP contribution in [0.2, 0.25) is 0 Å². The van der Waals surface area contributed by atoms with E-state index in [2.05, 4.69) is 23.8 Å². The monoisotopic (exact) mass is 354 g/mol. The first-order chi connectivity index (χ1) is 12.8. The summed E-state index contributed by atoms with van der Waals surface area (Å²) >= 11 is 0. The van der Waals surface area contributed by atoms with Crippen molar-refractivity contribution in [3.8, 4) is 17.1 Å². The van der Waals surface area contributed by atoms with E-state index < -0.39 is 0 Å². The van der Waals surface area contributed by atoms with E-state index in [4.69, 9.17) is 4.74 Å². The molecule has 0 aliphatic rings. The highest BCUT2D eigenvalue weighted by Crippen LogP contribution is 2.20. The Morgan fingerprint density at radius 1 is 0.731 bits per heavy atom. The highest BCUT2D eigenvalue weighted by molar-refractivity contribution is 5.55. The molecule has 0 radical (unpaired) electrons. The number of unbranched alkanes of at least 4 members (excludes halogenated alkanes) is 7. The summed E-state index contributed by atoms with van der Waals surface area (Å²) in [5, 5.41) is 0. The van der Waals surface area contributed by atoms with Gasteiger partial charge in [-0.05, 0) is 49.1 Å². The molecule has 0 aliphatic heterocycles. The maximum atomic E-state index is 5.79. The smallest absolute Gasteiger partial charge is 0.159 e. The first-order valence-electron chi connectivity index (χ1n) is 10.4. The lowest BCUT2D eigenvalue weighted by molar-refractivity contribution is 0.305. The fraction of sp³-hybridized carbons (Fsp3) is 0.565. The highest BCUT2D eigenvalue weighted by Gasteiger charge is 2.03. The van der Waals surface area contributed by atoms with Crippen molar-refractivity contribution in [2.75, 3.05) is 6.61 Å². The van der Waals surface area contributed by atoms with Gasteiger partial charge in [-0.15, -0.1) is 0 Å². The van der Waals surface area contributed by atoms with E-state index in [0.29, 0.717) is 0 Å². The van der Waals surface area contributed by atoms with E-state index in [0.717, 1.165) is 36.6 Å². The molecular formula is C23H34N2O. The summed E-state index contributed by atoms with van der Waals surface area (Å²) in [6.07, 6.45) is 16.4. The Kier molecular flexibility index (Phi) is 9.78. The van der Waals surface area contributed by atoms with Gasteiger partial charge in [0.1, 0.15) is 5.75 Å². The number of rotatable bonds is 13. The summed E-state index contributed by atoms with van der Waals surface area (Å²) in [7, 11) is 0. The zero-order valence-corrected chi connectivity index (χ0v) is 16.5. The quantitative estimate of drug-likeness (QED) is 0.379. The molecule has 0 bridgehead atoms. The van der Waals surface area contributed by atoms with Crippen molar-refractivity contribution >= 4 is 0 Å². The van der Waals surface area contributed by atoms with Crippen LogP contribution in [0.5, 0.6) is 5.75 Å². The molecule has 2 aromatic rings. The maximum Gasteiger partial charge on any atom is 0.159 e. The summed E-state index contributed by atoms with van der Waals surface area (Å²) < 4.78 is 5.79. The molecule has 0 amide bonds. The Morgan fingerprint density at radius 2 is 1.35 bits per heavy atom. The van der Waals surface area contributed by atoms with Crippen LogP contribution in [-0.4, -0.2) is 16.6 Å². The summed E-state index contributed by atoms with van der Waals surface area (Å²) in [4.78, 5) is 9.08. The van der Waals surface area contributed by atoms with Gasteiger partial charge in [-0.3, -0.25) is 0 Å². The summed E-state index contributed by atoms with van der Waals surface area (Å²) in [5.41, 5.74) is 2.27. The van der Waals surface area contributed by atoms with Crippen LogP contribution >= 0.6 is 0 Å². The average molecular weight is 355 g/mol. The lowest BCUT2D eigenvalue weighted by Gasteiger charge is -2.07. The first-order valence-corrected chi connectivity index (χ1v) is 10.4. The third kappa shape index (κ3) is 7.55. The molecule has 0 N–H and O–H groups in total. The number of aryl methyl sites for hydroxylation is 1. The van der Waals surface area contributed by atoms with Gasteiger partial charge >= 0.3 is 0 Å². The Labute approximate surface area is 159 Å². The van der Waals surface area contributed by atoms with Gasteiger partial charge in [0, 0.05) is 18.0 Å². The van der Waals surface area contributed by atoms with E-state index >= 15 is 0 Å². The molecular weight excluding hydrogens is 320 g/mol. The summed E-state index contributed by atoms with van der Waals surface area (Å²) in [6.45, 7) is 5.27. The molecule has 0 aliphatic carbocycles. The van der Waals surface area contributed by atoms with E-state index in [1.807, 2.05) is 36.7 Å². The van der Waals surface area contributed by atoms with Crippen molar-refractivity contribution in [2.24, 2.45) is 0 Å². The molecule has 3 heteroatoms. The fourth-order valence-electron chi connectivity index (χ4n) is 2.98. The third-order valence-electron chi connectivity index (χ3n) is 4.65. The molecule has 0 spiro atoms. The van der Waals surface area contributed by atoms with Gasteiger partial charge in [0.05, 0.1) is 6.61 Å². The average Bonchev–Trinajstić information content (AvgIpc) is 2.69. The Hall–Kier alpha value is -1.90. The van der Waals surface area contributed by atoms with Gasteiger partial charge in [-0.25, -0.2) is 9.97 Å². The minimum atomic E-state index is 0.786. The standard InChI is InChI=1S/C23H34N2O/c1-3-5-7-9-10-12-20-18-24-23(25-19-20)21-13-15-22(16-14-21)26-17-11-8-6-4-2/h13-16,18-19H,3-12,17H2,1-2H3. The fourth-order valence-corrected chi connectivity index (χ4v) is 2.98. The second-order valence-electron chi connectivity index (χ2n) is 7.01. The van der Waals surface area contributed by atoms with Crippen molar-refractivity contribution in [3.05, 3.63) is 42.2 Å². The minimum Gasteiger partial charge on any atom is -0.494 e. The number of hydrogen-bond donors (Lipinski definition) is 0. The molecule has 3 nitrogen and oxygen atoms in total. The molecule has 26 heavy (non-hydrogen) atoms. The van der Waals surface area contributed by atoms with Crippen LogP contribution in [0.1, 0.15) is 77.2 Å². The number of nitrogens with zero attached hydrogens (tertiary/aromatic N) is 2. The lowest BCUT2D eigenvalue weighted by atomic mass is 10.1. The third-order valence-corrected chi connectivity index (χ3v) is 4.65. The van der Waals surface area contributed by atoms with Crippen molar-refractivity contribution < 1.29 is 4.74 Å². The number of aromatic nitrogens is 2. The second-order valence-corrected chi connectivity index (χ2v) is 7.01. The predicted octanol–water partition coefficient (Wildman–Crippen LogP) is 6.62. The van der Waals surface area contributed by atoms with Crippen molar-refractivity contribution in [2.45, 2.75) is 78.1 Å². The van der Waals surface area contributed by atoms with Crippen molar-refractivity contribution in [1.82, 2.24) is 9.97 Å². The normalized spacial score (nSPS) is 10.8. The van der Waals surface area contributed by atoms with Gasteiger partial charge in [0.2, 0.25) is 0 Å². The summed E-state index contributed by atoms with van der Waals surface area (Å²) in [5.74, 6) is 1.71. The molecule has 0 saturated carbocycles. The second kappa shape index (κ2) is 12.5. The summed E-state index contributed by atoms with van der Waals surface area (Å²) in [6, 6.07) is 8.11. The van der Waals surface area contributed by atoms with Crippen LogP contribution in [0.4, 0.5) is 0 Å². The Morgan fingerprint density at radius 3 is 2.00 bits per heavy atom. The van der Waals surface area contributed by atoms with Crippen molar-refractivity contribution in [1.29, 1.82) is 0 Å². The topological polar surface area (TPSA) is 35.0 Å². The lowest BCUT2D eigenvalue weighted by Crippen LogP contribution is -1.97. The van der Waals surface area contributed by atoms with E-state index in [1.165, 1.54) is 56.9 Å². The number of hydrogen-bond acceptors (Lipinski definition) is 3. The number of ether oxygens (including phenoxy) is 1. The highest BCUT2D eigenvalue weighted by atomic mass is 16.5. The van der Waals surface area contributed by atoms with Crippen molar-refractivity contribution in [3.63, 3.8) is 0 Å². The molecule has 1 aromatic carbocycles. The van der Waals surface area contributed by atoms with Crippen LogP contribution in [0.3, 0.4) is 0 Å².